The van der Waals surface area contributed by atoms with Gasteiger partial charge in [-0.1, -0.05) is 23.7 Å². The Bertz CT molecular complexity index is 1020. The van der Waals surface area contributed by atoms with Crippen LogP contribution in [0.25, 0.3) is 11.4 Å². The summed E-state index contributed by atoms with van der Waals surface area (Å²) in [5.41, 5.74) is 3.29. The number of aromatic nitrogens is 3. The van der Waals surface area contributed by atoms with Crippen molar-refractivity contribution in [2.24, 2.45) is 0 Å². The number of nitrogens with zero attached hydrogens (tertiary/aromatic N) is 3. The number of H-pyrrole nitrogens is 1. The molecule has 0 unspecified atom stereocenters. The number of fused-ring (bicyclic) bond motifs is 1. The summed E-state index contributed by atoms with van der Waals surface area (Å²) in [6.07, 6.45) is 4.05. The first-order valence-corrected chi connectivity index (χ1v) is 9.09. The second kappa shape index (κ2) is 7.50. The van der Waals surface area contributed by atoms with Crippen LogP contribution in [-0.4, -0.2) is 33.5 Å². The van der Waals surface area contributed by atoms with E-state index >= 15 is 0 Å². The predicted octanol–water partition coefficient (Wildman–Crippen LogP) is 3.05. The van der Waals surface area contributed by atoms with E-state index < -0.39 is 0 Å². The maximum absolute atomic E-state index is 12.5. The number of methoxy groups -OCH3 is 1. The van der Waals surface area contributed by atoms with Gasteiger partial charge in [-0.2, -0.15) is 0 Å². The van der Waals surface area contributed by atoms with E-state index in [2.05, 4.69) is 14.9 Å². The molecule has 0 atom stereocenters. The Hall–Kier alpha value is -2.70. The molecule has 27 heavy (non-hydrogen) atoms. The maximum atomic E-state index is 12.5. The molecule has 1 aliphatic heterocycles. The molecule has 2 aromatic heterocycles. The standard InChI is InChI=1S/C20H19ClN4O2/c1-27-17-6-2-4-14(18(17)21)11-25-9-7-15-16(12-25)23-19(24-20(15)26)13-5-3-8-22-10-13/h2-6,8,10H,7,9,11-12H2,1H3,(H,23,24,26). The van der Waals surface area contributed by atoms with E-state index in [0.29, 0.717) is 36.1 Å². The molecular weight excluding hydrogens is 364 g/mol. The fourth-order valence-corrected chi connectivity index (χ4v) is 3.61. The number of benzene rings is 1. The first-order valence-electron chi connectivity index (χ1n) is 8.72. The van der Waals surface area contributed by atoms with Gasteiger partial charge >= 0.3 is 0 Å². The number of hydrogen-bond acceptors (Lipinski definition) is 5. The van der Waals surface area contributed by atoms with Gasteiger partial charge in [0.15, 0.2) is 0 Å². The van der Waals surface area contributed by atoms with Crippen LogP contribution in [0, 0.1) is 0 Å². The minimum atomic E-state index is -0.0714. The molecule has 0 aliphatic carbocycles. The predicted molar refractivity (Wildman–Crippen MR) is 104 cm³/mol. The summed E-state index contributed by atoms with van der Waals surface area (Å²) in [5, 5.41) is 0.626. The van der Waals surface area contributed by atoms with Crippen molar-refractivity contribution >= 4 is 11.6 Å². The summed E-state index contributed by atoms with van der Waals surface area (Å²) in [7, 11) is 1.61. The van der Waals surface area contributed by atoms with Crippen molar-refractivity contribution in [3.63, 3.8) is 0 Å². The van der Waals surface area contributed by atoms with Gasteiger partial charge in [0, 0.05) is 43.2 Å². The van der Waals surface area contributed by atoms with Crippen LogP contribution in [0.2, 0.25) is 5.02 Å². The van der Waals surface area contributed by atoms with Crippen LogP contribution in [0.1, 0.15) is 16.8 Å². The Balaban J connectivity index is 1.61. The van der Waals surface area contributed by atoms with Crippen LogP contribution in [-0.2, 0) is 19.5 Å². The van der Waals surface area contributed by atoms with Gasteiger partial charge in [-0.05, 0) is 30.2 Å². The fraction of sp³-hybridized carbons (Fsp3) is 0.250. The molecule has 6 nitrogen and oxygen atoms in total. The number of nitrogens with one attached hydrogen (secondary N) is 1. The van der Waals surface area contributed by atoms with Crippen LogP contribution >= 0.6 is 11.6 Å². The molecule has 138 valence electrons. The van der Waals surface area contributed by atoms with Crippen LogP contribution in [0.15, 0.2) is 47.5 Å². The lowest BCUT2D eigenvalue weighted by Gasteiger charge is -2.28. The van der Waals surface area contributed by atoms with Crippen molar-refractivity contribution in [2.45, 2.75) is 19.5 Å². The Labute approximate surface area is 161 Å². The van der Waals surface area contributed by atoms with Crippen molar-refractivity contribution in [1.82, 2.24) is 19.9 Å². The molecular formula is C20H19ClN4O2. The lowest BCUT2D eigenvalue weighted by Crippen LogP contribution is -2.35. The Kier molecular flexibility index (Phi) is 4.92. The molecule has 1 aliphatic rings. The highest BCUT2D eigenvalue weighted by atomic mass is 35.5. The molecule has 0 radical (unpaired) electrons. The van der Waals surface area contributed by atoms with Gasteiger partial charge in [-0.3, -0.25) is 14.7 Å². The molecule has 3 aromatic rings. The monoisotopic (exact) mass is 382 g/mol. The molecule has 0 fully saturated rings. The lowest BCUT2D eigenvalue weighted by molar-refractivity contribution is 0.240. The summed E-state index contributed by atoms with van der Waals surface area (Å²) in [6, 6.07) is 9.48. The van der Waals surface area contributed by atoms with Crippen LogP contribution in [0.3, 0.4) is 0 Å². The van der Waals surface area contributed by atoms with Crippen LogP contribution in [0.4, 0.5) is 0 Å². The van der Waals surface area contributed by atoms with Crippen molar-refractivity contribution in [2.75, 3.05) is 13.7 Å². The number of hydrogen-bond donors (Lipinski definition) is 1. The van der Waals surface area contributed by atoms with Crippen molar-refractivity contribution < 1.29 is 4.74 Å². The first kappa shape index (κ1) is 17.7. The van der Waals surface area contributed by atoms with Crippen LogP contribution in [0.5, 0.6) is 5.75 Å². The van der Waals surface area contributed by atoms with Gasteiger partial charge < -0.3 is 9.72 Å². The Morgan fingerprint density at radius 3 is 2.96 bits per heavy atom. The van der Waals surface area contributed by atoms with E-state index in [1.807, 2.05) is 30.3 Å². The van der Waals surface area contributed by atoms with E-state index in [4.69, 9.17) is 21.3 Å². The SMILES string of the molecule is COc1cccc(CN2CCc3c(nc(-c4cccnc4)[nH]c3=O)C2)c1Cl. The van der Waals surface area contributed by atoms with Gasteiger partial charge in [0.2, 0.25) is 0 Å². The summed E-state index contributed by atoms with van der Waals surface area (Å²) in [6.45, 7) is 2.05. The molecule has 0 amide bonds. The third kappa shape index (κ3) is 3.59. The highest BCUT2D eigenvalue weighted by Gasteiger charge is 2.22. The molecule has 0 spiro atoms. The normalized spacial score (nSPS) is 14.0. The van der Waals surface area contributed by atoms with Crippen molar-refractivity contribution in [3.8, 4) is 17.1 Å². The largest absolute Gasteiger partial charge is 0.495 e. The van der Waals surface area contributed by atoms with Gasteiger partial charge in [0.1, 0.15) is 11.6 Å². The minimum Gasteiger partial charge on any atom is -0.495 e. The van der Waals surface area contributed by atoms with E-state index in [-0.39, 0.29) is 5.56 Å². The third-order valence-electron chi connectivity index (χ3n) is 4.74. The smallest absolute Gasteiger partial charge is 0.254 e. The van der Waals surface area contributed by atoms with Crippen molar-refractivity contribution in [3.05, 3.63) is 74.9 Å². The fourth-order valence-electron chi connectivity index (χ4n) is 3.35. The maximum Gasteiger partial charge on any atom is 0.254 e. The Morgan fingerprint density at radius 1 is 1.30 bits per heavy atom. The van der Waals surface area contributed by atoms with Gasteiger partial charge in [-0.15, -0.1) is 0 Å². The number of pyridine rings is 1. The Morgan fingerprint density at radius 2 is 2.19 bits per heavy atom. The topological polar surface area (TPSA) is 71.1 Å². The second-order valence-electron chi connectivity index (χ2n) is 6.48. The number of halogens is 1. The molecule has 0 saturated carbocycles. The zero-order chi connectivity index (χ0) is 18.8. The van der Waals surface area contributed by atoms with E-state index in [0.717, 1.165) is 28.9 Å². The summed E-state index contributed by atoms with van der Waals surface area (Å²) < 4.78 is 5.30. The second-order valence-corrected chi connectivity index (χ2v) is 6.85. The highest BCUT2D eigenvalue weighted by Crippen LogP contribution is 2.29. The zero-order valence-corrected chi connectivity index (χ0v) is 15.7. The first-order chi connectivity index (χ1) is 13.2. The van der Waals surface area contributed by atoms with Crippen molar-refractivity contribution in [1.29, 1.82) is 0 Å². The average molecular weight is 383 g/mol. The van der Waals surface area contributed by atoms with Gasteiger partial charge in [-0.25, -0.2) is 4.98 Å². The minimum absolute atomic E-state index is 0.0714. The molecule has 1 aromatic carbocycles. The van der Waals surface area contributed by atoms with E-state index in [9.17, 15) is 4.79 Å². The summed E-state index contributed by atoms with van der Waals surface area (Å²) in [5.74, 6) is 1.22. The summed E-state index contributed by atoms with van der Waals surface area (Å²) >= 11 is 6.43. The van der Waals surface area contributed by atoms with E-state index in [1.165, 1.54) is 0 Å². The van der Waals surface area contributed by atoms with Crippen LogP contribution < -0.4 is 10.3 Å². The average Bonchev–Trinajstić information content (AvgIpc) is 2.70. The zero-order valence-electron chi connectivity index (χ0n) is 14.9. The molecule has 0 saturated heterocycles. The van der Waals surface area contributed by atoms with E-state index in [1.54, 1.807) is 19.5 Å². The number of rotatable bonds is 4. The molecule has 0 bridgehead atoms. The quantitative estimate of drug-likeness (QED) is 0.750. The lowest BCUT2D eigenvalue weighted by atomic mass is 10.0. The third-order valence-corrected chi connectivity index (χ3v) is 5.17. The number of aromatic amines is 1. The van der Waals surface area contributed by atoms with Gasteiger partial charge in [0.25, 0.3) is 5.56 Å². The summed E-state index contributed by atoms with van der Waals surface area (Å²) in [4.78, 5) is 26.4. The molecule has 7 heteroatoms. The molecule has 1 N–H and O–H groups in total. The molecule has 3 heterocycles. The molecule has 4 rings (SSSR count). The number of ether oxygens (including phenoxy) is 1. The highest BCUT2D eigenvalue weighted by molar-refractivity contribution is 6.32. The van der Waals surface area contributed by atoms with Gasteiger partial charge in [0.05, 0.1) is 17.8 Å².